The van der Waals surface area contributed by atoms with Gasteiger partial charge in [-0.1, -0.05) is 6.07 Å². The number of imidazole rings is 1. The lowest BCUT2D eigenvalue weighted by Crippen LogP contribution is -2.39. The summed E-state index contributed by atoms with van der Waals surface area (Å²) in [4.78, 5) is 9.14. The predicted octanol–water partition coefficient (Wildman–Crippen LogP) is 2.40. The summed E-state index contributed by atoms with van der Waals surface area (Å²) >= 11 is 1.58. The molecule has 0 amide bonds. The van der Waals surface area contributed by atoms with Gasteiger partial charge in [0, 0.05) is 31.9 Å². The fourth-order valence-corrected chi connectivity index (χ4v) is 3.44. The third kappa shape index (κ3) is 4.62. The molecule has 3 N–H and O–H groups in total. The van der Waals surface area contributed by atoms with E-state index in [1.165, 1.54) is 0 Å². The normalized spacial score (nSPS) is 14.3. The van der Waals surface area contributed by atoms with Crippen molar-refractivity contribution < 1.29 is 5.11 Å². The van der Waals surface area contributed by atoms with E-state index >= 15 is 0 Å². The van der Waals surface area contributed by atoms with E-state index in [9.17, 15) is 5.11 Å². The molecular formula is C19H25N5OS. The summed E-state index contributed by atoms with van der Waals surface area (Å²) in [6.07, 6.45) is 4.84. The summed E-state index contributed by atoms with van der Waals surface area (Å²) in [7, 11) is 0. The lowest BCUT2D eigenvalue weighted by Gasteiger charge is -2.21. The van der Waals surface area contributed by atoms with Crippen molar-refractivity contribution in [3.05, 3.63) is 58.7 Å². The van der Waals surface area contributed by atoms with Crippen LogP contribution in [0.5, 0.6) is 0 Å². The van der Waals surface area contributed by atoms with Crippen LogP contribution in [0.25, 0.3) is 5.65 Å². The lowest BCUT2D eigenvalue weighted by atomic mass is 10.00. The first-order valence-corrected chi connectivity index (χ1v) is 9.72. The van der Waals surface area contributed by atoms with E-state index in [-0.39, 0.29) is 0 Å². The van der Waals surface area contributed by atoms with Crippen molar-refractivity contribution in [2.24, 2.45) is 4.99 Å². The Labute approximate surface area is 157 Å². The Morgan fingerprint density at radius 3 is 2.96 bits per heavy atom. The highest BCUT2D eigenvalue weighted by Gasteiger charge is 2.23. The molecule has 138 valence electrons. The van der Waals surface area contributed by atoms with E-state index in [4.69, 9.17) is 0 Å². The van der Waals surface area contributed by atoms with E-state index < -0.39 is 5.60 Å². The Kier molecular flexibility index (Phi) is 5.90. The minimum Gasteiger partial charge on any atom is -0.383 e. The second kappa shape index (κ2) is 8.33. The first-order chi connectivity index (χ1) is 12.6. The quantitative estimate of drug-likeness (QED) is 0.440. The van der Waals surface area contributed by atoms with E-state index in [1.807, 2.05) is 58.7 Å². The highest BCUT2D eigenvalue weighted by atomic mass is 32.1. The van der Waals surface area contributed by atoms with Crippen LogP contribution in [0, 0.1) is 0 Å². The standard InChI is InChI=1S/C19H25N5OS/c1-3-20-18(22-14-19(2,25)15-8-11-26-13-15)21-9-7-16-12-24-10-5-4-6-17(24)23-16/h4-6,8,10-13,25H,3,7,9,14H2,1-2H3,(H2,20,21,22). The number of hydrogen-bond donors (Lipinski definition) is 3. The monoisotopic (exact) mass is 371 g/mol. The molecule has 0 saturated heterocycles. The van der Waals surface area contributed by atoms with Crippen LogP contribution in [0.3, 0.4) is 0 Å². The fraction of sp³-hybridized carbons (Fsp3) is 0.368. The minimum absolute atomic E-state index is 0.299. The van der Waals surface area contributed by atoms with Gasteiger partial charge >= 0.3 is 0 Å². The Balaban J connectivity index is 1.57. The van der Waals surface area contributed by atoms with Gasteiger partial charge in [-0.2, -0.15) is 11.3 Å². The minimum atomic E-state index is -0.968. The molecule has 0 radical (unpaired) electrons. The first-order valence-electron chi connectivity index (χ1n) is 8.78. The van der Waals surface area contributed by atoms with Crippen molar-refractivity contribution in [1.82, 2.24) is 20.0 Å². The topological polar surface area (TPSA) is 74.0 Å². The highest BCUT2D eigenvalue weighted by Crippen LogP contribution is 2.23. The van der Waals surface area contributed by atoms with Gasteiger partial charge in [0.25, 0.3) is 0 Å². The second-order valence-electron chi connectivity index (χ2n) is 6.36. The third-order valence-corrected chi connectivity index (χ3v) is 4.80. The molecule has 3 aromatic heterocycles. The molecule has 3 heterocycles. The highest BCUT2D eigenvalue weighted by molar-refractivity contribution is 7.08. The average Bonchev–Trinajstić information content (AvgIpc) is 3.29. The Hall–Kier alpha value is -2.38. The molecule has 7 heteroatoms. The number of aromatic nitrogens is 2. The molecule has 0 spiro atoms. The van der Waals surface area contributed by atoms with Crippen LogP contribution in [0.2, 0.25) is 0 Å². The first kappa shape index (κ1) is 18.4. The smallest absolute Gasteiger partial charge is 0.191 e. The maximum atomic E-state index is 10.6. The number of nitrogens with one attached hydrogen (secondary N) is 2. The zero-order chi connectivity index (χ0) is 18.4. The molecule has 3 rings (SSSR count). The van der Waals surface area contributed by atoms with E-state index in [0.29, 0.717) is 12.5 Å². The third-order valence-electron chi connectivity index (χ3n) is 4.12. The SMILES string of the molecule is CCNC(=NCC(C)(O)c1ccsc1)NCCc1cn2ccccc2n1. The van der Waals surface area contributed by atoms with Gasteiger partial charge in [0.15, 0.2) is 5.96 Å². The molecule has 0 bridgehead atoms. The summed E-state index contributed by atoms with van der Waals surface area (Å²) in [5.41, 5.74) is 1.91. The molecule has 1 unspecified atom stereocenters. The zero-order valence-corrected chi connectivity index (χ0v) is 16.0. The van der Waals surface area contributed by atoms with Crippen molar-refractivity contribution in [2.45, 2.75) is 25.9 Å². The van der Waals surface area contributed by atoms with Crippen molar-refractivity contribution in [3.63, 3.8) is 0 Å². The largest absolute Gasteiger partial charge is 0.383 e. The molecule has 0 fully saturated rings. The molecule has 0 aliphatic heterocycles. The number of fused-ring (bicyclic) bond motifs is 1. The van der Waals surface area contributed by atoms with Crippen LogP contribution in [0.15, 0.2) is 52.4 Å². The van der Waals surface area contributed by atoms with Gasteiger partial charge in [0.2, 0.25) is 0 Å². The van der Waals surface area contributed by atoms with Gasteiger partial charge in [-0.3, -0.25) is 0 Å². The summed E-state index contributed by atoms with van der Waals surface area (Å²) < 4.78 is 2.02. The van der Waals surface area contributed by atoms with Crippen molar-refractivity contribution >= 4 is 22.9 Å². The number of hydrogen-bond acceptors (Lipinski definition) is 4. The van der Waals surface area contributed by atoms with Crippen LogP contribution in [-0.2, 0) is 12.0 Å². The van der Waals surface area contributed by atoms with Crippen LogP contribution < -0.4 is 10.6 Å². The number of aliphatic hydroxyl groups is 1. The van der Waals surface area contributed by atoms with E-state index in [1.54, 1.807) is 18.3 Å². The average molecular weight is 372 g/mol. The number of nitrogens with zero attached hydrogens (tertiary/aromatic N) is 3. The van der Waals surface area contributed by atoms with Crippen LogP contribution >= 0.6 is 11.3 Å². The maximum Gasteiger partial charge on any atom is 0.191 e. The second-order valence-corrected chi connectivity index (χ2v) is 7.14. The molecule has 0 saturated carbocycles. The Morgan fingerprint density at radius 2 is 2.23 bits per heavy atom. The Bertz CT molecular complexity index is 821. The van der Waals surface area contributed by atoms with Gasteiger partial charge in [-0.25, -0.2) is 9.98 Å². The Morgan fingerprint density at radius 1 is 1.35 bits per heavy atom. The number of aliphatic imine (C=N–C) groups is 1. The van der Waals surface area contributed by atoms with Gasteiger partial charge in [-0.05, 0) is 48.4 Å². The van der Waals surface area contributed by atoms with E-state index in [2.05, 4.69) is 20.6 Å². The summed E-state index contributed by atoms with van der Waals surface area (Å²) in [5.74, 6) is 0.701. The number of thiophene rings is 1. The van der Waals surface area contributed by atoms with Crippen LogP contribution in [-0.4, -0.2) is 40.1 Å². The fourth-order valence-electron chi connectivity index (χ4n) is 2.65. The van der Waals surface area contributed by atoms with Crippen molar-refractivity contribution in [2.75, 3.05) is 19.6 Å². The van der Waals surface area contributed by atoms with Crippen LogP contribution in [0.1, 0.15) is 25.1 Å². The molecular weight excluding hydrogens is 346 g/mol. The predicted molar refractivity (Wildman–Crippen MR) is 107 cm³/mol. The molecule has 0 aliphatic carbocycles. The maximum absolute atomic E-state index is 10.6. The number of guanidine groups is 1. The summed E-state index contributed by atoms with van der Waals surface area (Å²) in [6, 6.07) is 7.91. The number of pyridine rings is 1. The molecule has 0 aliphatic rings. The van der Waals surface area contributed by atoms with Crippen molar-refractivity contribution in [3.8, 4) is 0 Å². The lowest BCUT2D eigenvalue weighted by molar-refractivity contribution is 0.0677. The van der Waals surface area contributed by atoms with Gasteiger partial charge in [0.1, 0.15) is 11.2 Å². The number of rotatable bonds is 7. The van der Waals surface area contributed by atoms with Gasteiger partial charge in [-0.15, -0.1) is 0 Å². The molecule has 3 aromatic rings. The van der Waals surface area contributed by atoms with E-state index in [0.717, 1.165) is 36.4 Å². The van der Waals surface area contributed by atoms with Gasteiger partial charge < -0.3 is 20.1 Å². The van der Waals surface area contributed by atoms with Gasteiger partial charge in [0.05, 0.1) is 12.2 Å². The zero-order valence-electron chi connectivity index (χ0n) is 15.1. The van der Waals surface area contributed by atoms with Crippen LogP contribution in [0.4, 0.5) is 0 Å². The summed E-state index contributed by atoms with van der Waals surface area (Å²) in [6.45, 7) is 5.60. The molecule has 26 heavy (non-hydrogen) atoms. The molecule has 0 aromatic carbocycles. The molecule has 6 nitrogen and oxygen atoms in total. The summed E-state index contributed by atoms with van der Waals surface area (Å²) in [5, 5.41) is 21.1. The molecule has 1 atom stereocenters. The van der Waals surface area contributed by atoms with Crippen molar-refractivity contribution in [1.29, 1.82) is 0 Å².